The fraction of sp³-hybridized carbons (Fsp3) is 0.462. The maximum atomic E-state index is 16.1. The zero-order valence-corrected chi connectivity index (χ0v) is 31.4. The van der Waals surface area contributed by atoms with Gasteiger partial charge in [0.2, 0.25) is 11.8 Å². The van der Waals surface area contributed by atoms with Gasteiger partial charge in [-0.15, -0.1) is 0 Å². The molecule has 5 aromatic rings. The van der Waals surface area contributed by atoms with Crippen molar-refractivity contribution in [3.63, 3.8) is 0 Å². The average molecular weight is 791 g/mol. The van der Waals surface area contributed by atoms with E-state index in [1.165, 1.54) is 9.13 Å². The molecule has 0 bridgehead atoms. The lowest BCUT2D eigenvalue weighted by Gasteiger charge is -2.42. The number of nitrogens with one attached hydrogen (secondary N) is 2. The normalized spacial score (nSPS) is 23.4. The highest BCUT2D eigenvalue weighted by Crippen LogP contribution is 2.37. The Morgan fingerprint density at radius 1 is 1.00 bits per heavy atom. The van der Waals surface area contributed by atoms with Crippen LogP contribution in [0.4, 0.5) is 28.9 Å². The van der Waals surface area contributed by atoms with Crippen molar-refractivity contribution >= 4 is 45.8 Å². The molecule has 18 heteroatoms. The summed E-state index contributed by atoms with van der Waals surface area (Å²) in [5.74, 6) is -1.05. The van der Waals surface area contributed by atoms with Crippen LogP contribution in [0.1, 0.15) is 78.8 Å². The minimum Gasteiger partial charge on any atom is -0.367 e. The molecule has 4 aromatic heterocycles. The number of alkyl halides is 4. The molecule has 1 saturated carbocycles. The van der Waals surface area contributed by atoms with Crippen LogP contribution in [0.2, 0.25) is 0 Å². The molecule has 3 fully saturated rings. The van der Waals surface area contributed by atoms with Crippen LogP contribution in [-0.2, 0) is 22.8 Å². The highest BCUT2D eigenvalue weighted by atomic mass is 19.4. The molecule has 2 saturated heterocycles. The molecule has 2 aliphatic heterocycles. The molecule has 0 radical (unpaired) electrons. The smallest absolute Gasteiger partial charge is 0.367 e. The van der Waals surface area contributed by atoms with Crippen molar-refractivity contribution in [1.82, 2.24) is 38.7 Å². The molecule has 3 atom stereocenters. The predicted molar refractivity (Wildman–Crippen MR) is 202 cm³/mol. The Morgan fingerprint density at radius 3 is 2.53 bits per heavy atom. The molecule has 2 N–H and O–H groups in total. The third kappa shape index (κ3) is 7.49. The summed E-state index contributed by atoms with van der Waals surface area (Å²) in [5.41, 5.74) is 1.84. The Balaban J connectivity index is 0.862. The van der Waals surface area contributed by atoms with E-state index in [1.807, 2.05) is 30.3 Å². The number of benzene rings is 1. The van der Waals surface area contributed by atoms with Crippen LogP contribution in [0.3, 0.4) is 0 Å². The highest BCUT2D eigenvalue weighted by molar-refractivity contribution is 6.03. The summed E-state index contributed by atoms with van der Waals surface area (Å²) in [7, 11) is 3.64. The lowest BCUT2D eigenvalue weighted by Crippen LogP contribution is -2.52. The second kappa shape index (κ2) is 15.0. The molecule has 1 aromatic carbocycles. The molecule has 1 unspecified atom stereocenters. The van der Waals surface area contributed by atoms with E-state index < -0.39 is 41.6 Å². The predicted octanol–water partition coefficient (Wildman–Crippen LogP) is 4.85. The summed E-state index contributed by atoms with van der Waals surface area (Å²) >= 11 is 0. The SMILES string of the molecule is CN(CC1CCC(c2cn3cc(NC(=O)c4cncc(C(F)(F)F)n4)ccc3n2)CC1)[C@H]1CCN(c2cccc3c2n(C)c(=O)n3C2CCC(=O)NC2=O)C[C@@H]1F. The number of piperidine rings is 2. The van der Waals surface area contributed by atoms with Gasteiger partial charge >= 0.3 is 11.9 Å². The van der Waals surface area contributed by atoms with Gasteiger partial charge in [0, 0.05) is 50.9 Å². The number of para-hydroxylation sites is 1. The molecule has 8 rings (SSSR count). The molecule has 0 spiro atoms. The number of carbonyl (C=O) groups is 3. The number of nitrogens with zero attached hydrogens (tertiary/aromatic N) is 8. The number of pyridine rings is 1. The van der Waals surface area contributed by atoms with Gasteiger partial charge in [0.05, 0.1) is 47.0 Å². The van der Waals surface area contributed by atoms with Crippen LogP contribution in [0.5, 0.6) is 0 Å². The number of anilines is 2. The van der Waals surface area contributed by atoms with E-state index in [1.54, 1.807) is 35.8 Å². The van der Waals surface area contributed by atoms with Crippen LogP contribution in [0.15, 0.2) is 59.9 Å². The number of aromatic nitrogens is 6. The zero-order chi connectivity index (χ0) is 40.2. The molecular weight excluding hydrogens is 748 g/mol. The standard InChI is InChI=1S/C39H42F4N10O4/c1-49(28-14-15-51(20-25(28)40)29-4-3-5-30-35(29)50(2)38(57)53(30)31-11-13-34(54)48-37(31)56)18-22-6-8-23(9-7-22)27-21-52-19-24(10-12-33(52)47-27)45-36(55)26-16-44-17-32(46-26)39(41,42)43/h3-5,10,12,16-17,19,21-23,25,28,31H,6-9,11,13-15,18,20H2,1-2H3,(H,45,55)(H,48,54,56)/t22?,23?,25-,28-,31?/m0/s1. The van der Waals surface area contributed by atoms with E-state index in [9.17, 15) is 32.3 Å². The second-order valence-corrected chi connectivity index (χ2v) is 15.4. The number of imidazole rings is 2. The Bertz CT molecular complexity index is 2420. The lowest BCUT2D eigenvalue weighted by molar-refractivity contribution is -0.141. The van der Waals surface area contributed by atoms with E-state index in [4.69, 9.17) is 4.98 Å². The molecular formula is C39H42F4N10O4. The number of fused-ring (bicyclic) bond motifs is 2. The first kappa shape index (κ1) is 38.2. The maximum Gasteiger partial charge on any atom is 0.434 e. The van der Waals surface area contributed by atoms with Crippen molar-refractivity contribution in [2.75, 3.05) is 36.9 Å². The van der Waals surface area contributed by atoms with Crippen molar-refractivity contribution in [2.45, 2.75) is 75.3 Å². The van der Waals surface area contributed by atoms with Crippen LogP contribution in [0.25, 0.3) is 16.7 Å². The summed E-state index contributed by atoms with van der Waals surface area (Å²) in [4.78, 5) is 66.3. The minimum absolute atomic E-state index is 0.148. The molecule has 57 heavy (non-hydrogen) atoms. The number of halogens is 4. The largest absolute Gasteiger partial charge is 0.434 e. The molecule has 3 amide bonds. The average Bonchev–Trinajstić information content (AvgIpc) is 3.72. The molecule has 300 valence electrons. The van der Waals surface area contributed by atoms with Crippen molar-refractivity contribution in [3.8, 4) is 0 Å². The van der Waals surface area contributed by atoms with E-state index in [0.717, 1.165) is 49.8 Å². The highest BCUT2D eigenvalue weighted by Gasteiger charge is 2.37. The van der Waals surface area contributed by atoms with E-state index >= 15 is 4.39 Å². The quantitative estimate of drug-likeness (QED) is 0.166. The molecule has 14 nitrogen and oxygen atoms in total. The van der Waals surface area contributed by atoms with Crippen LogP contribution < -0.4 is 21.2 Å². The van der Waals surface area contributed by atoms with Crippen molar-refractivity contribution in [3.05, 3.63) is 82.7 Å². The van der Waals surface area contributed by atoms with Gasteiger partial charge in [0.25, 0.3) is 5.91 Å². The third-order valence-electron chi connectivity index (χ3n) is 11.7. The van der Waals surface area contributed by atoms with E-state index in [2.05, 4.69) is 25.5 Å². The summed E-state index contributed by atoms with van der Waals surface area (Å²) in [6.45, 7) is 1.52. The third-order valence-corrected chi connectivity index (χ3v) is 11.7. The van der Waals surface area contributed by atoms with Gasteiger partial charge in [0.1, 0.15) is 23.6 Å². The van der Waals surface area contributed by atoms with Crippen LogP contribution >= 0.6 is 0 Å². The van der Waals surface area contributed by atoms with E-state index in [-0.39, 0.29) is 42.9 Å². The topological polar surface area (TPSA) is 152 Å². The van der Waals surface area contributed by atoms with Crippen LogP contribution in [0, 0.1) is 5.92 Å². The lowest BCUT2D eigenvalue weighted by atomic mass is 9.80. The van der Waals surface area contributed by atoms with Gasteiger partial charge in [-0.1, -0.05) is 6.07 Å². The van der Waals surface area contributed by atoms with E-state index in [0.29, 0.717) is 47.4 Å². The van der Waals surface area contributed by atoms with Gasteiger partial charge in [-0.3, -0.25) is 33.8 Å². The maximum absolute atomic E-state index is 16.1. The second-order valence-electron chi connectivity index (χ2n) is 15.4. The summed E-state index contributed by atoms with van der Waals surface area (Å²) in [6.07, 6.45) is 3.99. The van der Waals surface area contributed by atoms with Gasteiger partial charge in [0.15, 0.2) is 5.69 Å². The van der Waals surface area contributed by atoms with Gasteiger partial charge in [-0.05, 0) is 75.8 Å². The fourth-order valence-electron chi connectivity index (χ4n) is 8.78. The van der Waals surface area contributed by atoms with Crippen LogP contribution in [-0.4, -0.2) is 90.0 Å². The number of imide groups is 1. The molecule has 3 aliphatic rings. The summed E-state index contributed by atoms with van der Waals surface area (Å²) in [6, 6.07) is 7.78. The zero-order valence-electron chi connectivity index (χ0n) is 31.4. The Hall–Kier alpha value is -5.65. The first-order valence-electron chi connectivity index (χ1n) is 19.1. The van der Waals surface area contributed by atoms with Gasteiger partial charge in [-0.25, -0.2) is 19.2 Å². The summed E-state index contributed by atoms with van der Waals surface area (Å²) in [5, 5.41) is 4.92. The minimum atomic E-state index is -4.72. The molecule has 6 heterocycles. The fourth-order valence-corrected chi connectivity index (χ4v) is 8.78. The summed E-state index contributed by atoms with van der Waals surface area (Å²) < 4.78 is 59.9. The Kier molecular flexibility index (Phi) is 10.1. The number of aryl methyl sites for hydroxylation is 1. The Morgan fingerprint density at radius 2 is 1.79 bits per heavy atom. The Labute approximate surface area is 323 Å². The first-order valence-corrected chi connectivity index (χ1v) is 19.1. The van der Waals surface area contributed by atoms with Crippen molar-refractivity contribution in [1.29, 1.82) is 0 Å². The number of hydrogen-bond acceptors (Lipinski definition) is 9. The van der Waals surface area contributed by atoms with Crippen molar-refractivity contribution < 1.29 is 31.9 Å². The number of amides is 3. The van der Waals surface area contributed by atoms with Gasteiger partial charge < -0.3 is 19.5 Å². The number of carbonyl (C=O) groups excluding carboxylic acids is 3. The van der Waals surface area contributed by atoms with Crippen molar-refractivity contribution in [2.24, 2.45) is 13.0 Å². The van der Waals surface area contributed by atoms with Gasteiger partial charge in [-0.2, -0.15) is 13.2 Å². The number of rotatable bonds is 8. The molecule has 1 aliphatic carbocycles. The first-order chi connectivity index (χ1) is 27.2. The number of hydrogen-bond donors (Lipinski definition) is 2. The monoisotopic (exact) mass is 790 g/mol.